The van der Waals surface area contributed by atoms with Crippen LogP contribution >= 0.6 is 11.6 Å². The van der Waals surface area contributed by atoms with Gasteiger partial charge < -0.3 is 29.0 Å². The van der Waals surface area contributed by atoms with Crippen LogP contribution in [0.15, 0.2) is 89.6 Å². The van der Waals surface area contributed by atoms with Gasteiger partial charge in [-0.2, -0.15) is 0 Å². The van der Waals surface area contributed by atoms with E-state index in [1.54, 1.807) is 30.5 Å². The number of sulfonamides is 1. The molecule has 358 valence electrons. The third kappa shape index (κ3) is 10.1. The highest BCUT2D eigenvalue weighted by molar-refractivity contribution is 7.90. The Kier molecular flexibility index (Phi) is 13.0. The number of ether oxygens (including phenoxy) is 3. The van der Waals surface area contributed by atoms with Crippen molar-refractivity contribution in [3.63, 3.8) is 0 Å². The number of aromatic nitrogens is 2. The number of piperazine rings is 2. The van der Waals surface area contributed by atoms with Crippen molar-refractivity contribution in [2.75, 3.05) is 90.2 Å². The molecular formula is C50H57ClN8O8S. The van der Waals surface area contributed by atoms with E-state index in [0.29, 0.717) is 36.0 Å². The number of hydrogen-bond donors (Lipinski definition) is 2. The maximum Gasteiger partial charge on any atom is 0.277 e. The number of hydrogen-bond acceptors (Lipinski definition) is 13. The number of fused-ring (bicyclic) bond motifs is 2. The zero-order valence-electron chi connectivity index (χ0n) is 38.4. The molecule has 0 spiro atoms. The third-order valence-corrected chi connectivity index (χ3v) is 15.8. The standard InChI is InChI=1S/C50H57ClN8O8S/c1-50(2)11-9-36(44(26-50)34-3-5-37(51)6-4-34)29-56-15-17-57(18-16-56)38-7-8-42(47(23-38)67-40-22-35-10-12-52-48(35)53-27-40)49(60)54-68(63,64)41-24-45(59(61)62)43-21-33(30-66-46(43)25-41)28-55-13-19-58(20-14-55)39-31-65-32-39/h3-8,10,12,22-25,27,33,39H,9,11,13-21,26,28-32H2,1-2H3,(H,52,53)(H,54,60)/t33-/m0/s1. The van der Waals surface area contributed by atoms with E-state index in [9.17, 15) is 23.3 Å². The van der Waals surface area contributed by atoms with E-state index < -0.39 is 25.7 Å². The van der Waals surface area contributed by atoms with Crippen molar-refractivity contribution in [3.05, 3.63) is 117 Å². The van der Waals surface area contributed by atoms with Crippen molar-refractivity contribution in [3.8, 4) is 17.2 Å². The monoisotopic (exact) mass is 964 g/mol. The maximum atomic E-state index is 14.1. The Morgan fingerprint density at radius 3 is 2.47 bits per heavy atom. The maximum absolute atomic E-state index is 14.1. The number of carbonyl (C=O) groups excluding carboxylic acids is 1. The van der Waals surface area contributed by atoms with Crippen molar-refractivity contribution >= 4 is 55.5 Å². The van der Waals surface area contributed by atoms with Gasteiger partial charge >= 0.3 is 0 Å². The number of anilines is 1. The summed E-state index contributed by atoms with van der Waals surface area (Å²) < 4.78 is 48.0. The SMILES string of the molecule is CC1(C)CCC(CN2CCN(c3ccc(C(=O)NS(=O)(=O)c4cc5c(c([N+](=O)[O-])c4)C[C@@H](CN4CCN(C6COC6)CC4)CO5)c(Oc4cnc5[nH]ccc5c4)c3)CC2)=C(c2ccc(Cl)cc2)C1. The van der Waals surface area contributed by atoms with Crippen LogP contribution in [0.5, 0.6) is 17.2 Å². The van der Waals surface area contributed by atoms with Crippen molar-refractivity contribution in [2.45, 2.75) is 50.5 Å². The number of nitro groups is 1. The molecule has 1 atom stereocenters. The highest BCUT2D eigenvalue weighted by Gasteiger charge is 2.35. The highest BCUT2D eigenvalue weighted by atomic mass is 35.5. The fourth-order valence-corrected chi connectivity index (χ4v) is 11.4. The fourth-order valence-electron chi connectivity index (χ4n) is 10.3. The Morgan fingerprint density at radius 2 is 1.74 bits per heavy atom. The second kappa shape index (κ2) is 19.1. The minimum Gasteiger partial charge on any atom is -0.493 e. The number of allylic oxidation sites excluding steroid dienone is 1. The first-order valence-electron chi connectivity index (χ1n) is 23.5. The molecule has 2 aromatic heterocycles. The van der Waals surface area contributed by atoms with Gasteiger partial charge in [-0.3, -0.25) is 24.7 Å². The van der Waals surface area contributed by atoms with E-state index >= 15 is 0 Å². The normalized spacial score (nSPS) is 20.7. The van der Waals surface area contributed by atoms with Gasteiger partial charge in [0.15, 0.2) is 0 Å². The summed E-state index contributed by atoms with van der Waals surface area (Å²) in [7, 11) is -4.64. The minimum absolute atomic E-state index is 0.0126. The van der Waals surface area contributed by atoms with E-state index in [-0.39, 0.29) is 40.7 Å². The van der Waals surface area contributed by atoms with Crippen molar-refractivity contribution < 1.29 is 32.3 Å². The van der Waals surface area contributed by atoms with Crippen LogP contribution in [-0.4, -0.2) is 135 Å². The van der Waals surface area contributed by atoms with Gasteiger partial charge in [-0.1, -0.05) is 43.2 Å². The van der Waals surface area contributed by atoms with Gasteiger partial charge in [0.1, 0.15) is 22.9 Å². The number of rotatable bonds is 13. The molecule has 0 unspecified atom stereocenters. The summed E-state index contributed by atoms with van der Waals surface area (Å²) in [5.41, 5.74) is 5.74. The molecule has 18 heteroatoms. The molecule has 5 aliphatic rings. The van der Waals surface area contributed by atoms with Crippen molar-refractivity contribution in [2.24, 2.45) is 11.3 Å². The number of amides is 1. The van der Waals surface area contributed by atoms with E-state index in [1.807, 2.05) is 18.2 Å². The topological polar surface area (TPSA) is 176 Å². The zero-order chi connectivity index (χ0) is 47.2. The zero-order valence-corrected chi connectivity index (χ0v) is 40.0. The average molecular weight is 966 g/mol. The van der Waals surface area contributed by atoms with Crippen LogP contribution in [0.2, 0.25) is 5.02 Å². The van der Waals surface area contributed by atoms with Crippen molar-refractivity contribution in [1.29, 1.82) is 0 Å². The lowest BCUT2D eigenvalue weighted by molar-refractivity contribution is -0.386. The number of nitro benzene ring substituents is 1. The average Bonchev–Trinajstić information content (AvgIpc) is 3.78. The molecule has 3 aromatic carbocycles. The van der Waals surface area contributed by atoms with Gasteiger partial charge in [0.25, 0.3) is 21.6 Å². The molecule has 1 aliphatic carbocycles. The molecule has 10 rings (SSSR count). The highest BCUT2D eigenvalue weighted by Crippen LogP contribution is 2.44. The van der Waals surface area contributed by atoms with Crippen LogP contribution in [0.4, 0.5) is 11.4 Å². The summed E-state index contributed by atoms with van der Waals surface area (Å²) in [4.78, 5) is 42.6. The van der Waals surface area contributed by atoms with Crippen LogP contribution in [0.25, 0.3) is 16.6 Å². The lowest BCUT2D eigenvalue weighted by Crippen LogP contribution is -2.57. The van der Waals surface area contributed by atoms with E-state index in [1.165, 1.54) is 29.0 Å². The second-order valence-electron chi connectivity index (χ2n) is 19.6. The lowest BCUT2D eigenvalue weighted by atomic mass is 9.72. The number of aromatic amines is 1. The Morgan fingerprint density at radius 1 is 0.971 bits per heavy atom. The van der Waals surface area contributed by atoms with Crippen LogP contribution in [0.3, 0.4) is 0 Å². The second-order valence-corrected chi connectivity index (χ2v) is 21.7. The molecule has 0 radical (unpaired) electrons. The summed E-state index contributed by atoms with van der Waals surface area (Å²) in [6, 6.07) is 19.7. The third-order valence-electron chi connectivity index (χ3n) is 14.3. The van der Waals surface area contributed by atoms with Crippen LogP contribution in [0.1, 0.15) is 54.6 Å². The number of halogens is 1. The Labute approximate surface area is 401 Å². The molecule has 16 nitrogen and oxygen atoms in total. The molecule has 6 heterocycles. The molecule has 0 saturated carbocycles. The number of nitrogens with zero attached hydrogens (tertiary/aromatic N) is 6. The molecule has 68 heavy (non-hydrogen) atoms. The Balaban J connectivity index is 0.850. The van der Waals surface area contributed by atoms with Gasteiger partial charge in [-0.25, -0.2) is 18.1 Å². The Bertz CT molecular complexity index is 2850. The first-order valence-corrected chi connectivity index (χ1v) is 25.3. The van der Waals surface area contributed by atoms with Gasteiger partial charge in [0.2, 0.25) is 0 Å². The molecule has 3 saturated heterocycles. The van der Waals surface area contributed by atoms with E-state index in [2.05, 4.69) is 60.3 Å². The number of H-pyrrole nitrogens is 1. The predicted molar refractivity (Wildman–Crippen MR) is 260 cm³/mol. The van der Waals surface area contributed by atoms with Gasteiger partial charge in [-0.15, -0.1) is 0 Å². The lowest BCUT2D eigenvalue weighted by Gasteiger charge is -2.43. The Hall–Kier alpha value is -5.56. The van der Waals surface area contributed by atoms with E-state index in [4.69, 9.17) is 25.8 Å². The fraction of sp³-hybridized carbons (Fsp3) is 0.440. The molecule has 2 N–H and O–H groups in total. The minimum atomic E-state index is -4.64. The van der Waals surface area contributed by atoms with Crippen molar-refractivity contribution in [1.82, 2.24) is 29.4 Å². The molecule has 4 aliphatic heterocycles. The quantitative estimate of drug-likeness (QED) is 0.0884. The number of pyridine rings is 1. The number of nitrogens with one attached hydrogen (secondary N) is 2. The number of carbonyl (C=O) groups is 1. The molecule has 3 fully saturated rings. The summed E-state index contributed by atoms with van der Waals surface area (Å²) in [6.07, 6.45) is 6.85. The van der Waals surface area contributed by atoms with Gasteiger partial charge in [-0.05, 0) is 78.6 Å². The smallest absolute Gasteiger partial charge is 0.277 e. The summed E-state index contributed by atoms with van der Waals surface area (Å²) >= 11 is 6.26. The number of benzene rings is 3. The van der Waals surface area contributed by atoms with Crippen LogP contribution in [0, 0.1) is 21.4 Å². The summed E-state index contributed by atoms with van der Waals surface area (Å²) in [5, 5.41) is 14.0. The first-order chi connectivity index (χ1) is 32.7. The molecular weight excluding hydrogens is 908 g/mol. The van der Waals surface area contributed by atoms with Crippen LogP contribution < -0.4 is 19.1 Å². The van der Waals surface area contributed by atoms with Gasteiger partial charge in [0.05, 0.1) is 53.0 Å². The molecule has 0 bridgehead atoms. The molecule has 1 amide bonds. The summed E-state index contributed by atoms with van der Waals surface area (Å²) in [6.45, 7) is 14.8. The predicted octanol–water partition coefficient (Wildman–Crippen LogP) is 7.39. The summed E-state index contributed by atoms with van der Waals surface area (Å²) in [5.74, 6) is -0.370. The van der Waals surface area contributed by atoms with E-state index in [0.717, 1.165) is 114 Å². The first kappa shape index (κ1) is 46.2. The van der Waals surface area contributed by atoms with Crippen LogP contribution in [-0.2, 0) is 21.2 Å². The molecule has 5 aromatic rings. The largest absolute Gasteiger partial charge is 0.493 e. The van der Waals surface area contributed by atoms with Gasteiger partial charge in [0, 0.05) is 112 Å².